The summed E-state index contributed by atoms with van der Waals surface area (Å²) >= 11 is 1.07. The molecule has 1 aromatic rings. The van der Waals surface area contributed by atoms with E-state index >= 15 is 0 Å². The van der Waals surface area contributed by atoms with Crippen molar-refractivity contribution in [2.75, 3.05) is 19.7 Å². The van der Waals surface area contributed by atoms with Gasteiger partial charge in [0.05, 0.1) is 18.3 Å². The van der Waals surface area contributed by atoms with Crippen molar-refractivity contribution < 1.29 is 13.5 Å². The molecule has 0 aromatic carbocycles. The molecule has 0 N–H and O–H groups in total. The van der Waals surface area contributed by atoms with Crippen molar-refractivity contribution in [1.82, 2.24) is 13.6 Å². The molecule has 0 spiro atoms. The fourth-order valence-corrected chi connectivity index (χ4v) is 2.81. The summed E-state index contributed by atoms with van der Waals surface area (Å²) in [5.41, 5.74) is 1.42. The van der Waals surface area contributed by atoms with Crippen LogP contribution in [0.4, 0.5) is 8.78 Å². The topological polar surface area (TPSA) is 38.3 Å². The molecule has 0 unspecified atom stereocenters. The smallest absolute Gasteiger partial charge is 0.295 e. The van der Waals surface area contributed by atoms with Crippen LogP contribution in [-0.2, 0) is 0 Å². The average molecular weight is 317 g/mol. The normalized spacial score (nSPS) is 16.3. The third-order valence-electron chi connectivity index (χ3n) is 3.46. The van der Waals surface area contributed by atoms with E-state index < -0.39 is 6.55 Å². The minimum absolute atomic E-state index is 0.204. The summed E-state index contributed by atoms with van der Waals surface area (Å²) in [6.45, 7) is 0.915. The maximum atomic E-state index is 12.8. The van der Waals surface area contributed by atoms with E-state index in [2.05, 4.69) is 15.7 Å². The molecule has 21 heavy (non-hydrogen) atoms. The molecule has 0 radical (unpaired) electrons. The van der Waals surface area contributed by atoms with Crippen LogP contribution < -0.4 is 4.74 Å². The zero-order chi connectivity index (χ0) is 15.1. The van der Waals surface area contributed by atoms with E-state index in [1.54, 1.807) is 0 Å². The molecule has 0 atom stereocenters. The Bertz CT molecular complexity index is 465. The van der Waals surface area contributed by atoms with E-state index in [-0.39, 0.29) is 6.54 Å². The summed E-state index contributed by atoms with van der Waals surface area (Å²) in [6.07, 6.45) is 7.05. The number of hydrogen-bond acceptors (Lipinski definition) is 5. The van der Waals surface area contributed by atoms with Crippen molar-refractivity contribution in [3.05, 3.63) is 11.8 Å². The Morgan fingerprint density at radius 3 is 2.95 bits per heavy atom. The highest BCUT2D eigenvalue weighted by Crippen LogP contribution is 2.28. The van der Waals surface area contributed by atoms with Gasteiger partial charge in [-0.3, -0.25) is 0 Å². The summed E-state index contributed by atoms with van der Waals surface area (Å²) in [5.74, 6) is 0.485. The van der Waals surface area contributed by atoms with E-state index in [1.165, 1.54) is 12.8 Å². The van der Waals surface area contributed by atoms with Crippen LogP contribution in [0.1, 0.15) is 44.7 Å². The molecular weight excluding hydrogens is 296 g/mol. The van der Waals surface area contributed by atoms with Gasteiger partial charge in [0.1, 0.15) is 5.69 Å². The molecule has 7 heteroatoms. The Labute approximate surface area is 128 Å². The van der Waals surface area contributed by atoms with Crippen LogP contribution in [0.3, 0.4) is 0 Å². The van der Waals surface area contributed by atoms with Gasteiger partial charge in [0, 0.05) is 13.1 Å². The molecule has 1 aromatic heterocycles. The van der Waals surface area contributed by atoms with Gasteiger partial charge in [-0.2, -0.15) is 13.2 Å². The average Bonchev–Trinajstić information content (AvgIpc) is 2.95. The van der Waals surface area contributed by atoms with Gasteiger partial charge in [-0.15, -0.1) is 4.37 Å². The SMILES string of the molecule is CCCCCCOc1nsnc1C1=CCCN(C(F)F)C1. The first kappa shape index (κ1) is 16.3. The molecule has 2 heterocycles. The van der Waals surface area contributed by atoms with Crippen LogP contribution in [0.25, 0.3) is 5.57 Å². The molecule has 0 saturated carbocycles. The molecule has 0 saturated heterocycles. The van der Waals surface area contributed by atoms with E-state index in [1.807, 2.05) is 6.08 Å². The van der Waals surface area contributed by atoms with E-state index in [4.69, 9.17) is 4.74 Å². The number of halogens is 2. The molecule has 1 aliphatic heterocycles. The summed E-state index contributed by atoms with van der Waals surface area (Å²) in [6, 6.07) is 0. The number of alkyl halides is 2. The minimum Gasteiger partial charge on any atom is -0.475 e. The van der Waals surface area contributed by atoms with Gasteiger partial charge in [-0.25, -0.2) is 4.90 Å². The number of ether oxygens (including phenoxy) is 1. The van der Waals surface area contributed by atoms with Crippen LogP contribution in [0.5, 0.6) is 5.88 Å². The second-order valence-corrected chi connectivity index (χ2v) is 5.62. The fraction of sp³-hybridized carbons (Fsp3) is 0.714. The predicted octanol–water partition coefficient (Wildman–Crippen LogP) is 3.81. The highest BCUT2D eigenvalue weighted by molar-refractivity contribution is 6.99. The predicted molar refractivity (Wildman–Crippen MR) is 79.7 cm³/mol. The lowest BCUT2D eigenvalue weighted by Crippen LogP contribution is -2.34. The third kappa shape index (κ3) is 4.71. The molecule has 2 rings (SSSR count). The second-order valence-electron chi connectivity index (χ2n) is 5.09. The Balaban J connectivity index is 1.92. The van der Waals surface area contributed by atoms with Crippen molar-refractivity contribution >= 4 is 17.3 Å². The molecular formula is C14H21F2N3OS. The molecule has 0 bridgehead atoms. The molecule has 118 valence electrons. The van der Waals surface area contributed by atoms with Crippen LogP contribution in [0.2, 0.25) is 0 Å². The van der Waals surface area contributed by atoms with Crippen LogP contribution in [-0.4, -0.2) is 39.9 Å². The first-order chi connectivity index (χ1) is 10.2. The molecule has 0 aliphatic carbocycles. The van der Waals surface area contributed by atoms with Gasteiger partial charge in [-0.05, 0) is 18.4 Å². The number of rotatable bonds is 8. The third-order valence-corrected chi connectivity index (χ3v) is 3.97. The molecule has 1 aliphatic rings. The summed E-state index contributed by atoms with van der Waals surface area (Å²) in [7, 11) is 0. The fourth-order valence-electron chi connectivity index (χ4n) is 2.27. The Hall–Kier alpha value is -1.08. The summed E-state index contributed by atoms with van der Waals surface area (Å²) in [4.78, 5) is 1.14. The van der Waals surface area contributed by atoms with Gasteiger partial charge in [0.15, 0.2) is 0 Å². The summed E-state index contributed by atoms with van der Waals surface area (Å²) in [5, 5.41) is 0. The zero-order valence-electron chi connectivity index (χ0n) is 12.2. The maximum Gasteiger partial charge on any atom is 0.295 e. The van der Waals surface area contributed by atoms with Crippen LogP contribution in [0, 0.1) is 0 Å². The maximum absolute atomic E-state index is 12.8. The van der Waals surface area contributed by atoms with E-state index in [9.17, 15) is 8.78 Å². The highest BCUT2D eigenvalue weighted by atomic mass is 32.1. The summed E-state index contributed by atoms with van der Waals surface area (Å²) < 4.78 is 39.6. The highest BCUT2D eigenvalue weighted by Gasteiger charge is 2.24. The zero-order valence-corrected chi connectivity index (χ0v) is 13.0. The van der Waals surface area contributed by atoms with Crippen molar-refractivity contribution in [1.29, 1.82) is 0 Å². The molecule has 0 fully saturated rings. The number of hydrogen-bond donors (Lipinski definition) is 0. The Morgan fingerprint density at radius 2 is 2.19 bits per heavy atom. The minimum atomic E-state index is -2.43. The first-order valence-corrected chi connectivity index (χ1v) is 8.12. The van der Waals surface area contributed by atoms with E-state index in [0.717, 1.165) is 35.0 Å². The van der Waals surface area contributed by atoms with Gasteiger partial charge in [0.2, 0.25) is 0 Å². The quantitative estimate of drug-likeness (QED) is 0.540. The monoisotopic (exact) mass is 317 g/mol. The lowest BCUT2D eigenvalue weighted by Gasteiger charge is -2.25. The Kier molecular flexibility index (Phi) is 6.50. The number of nitrogens with zero attached hydrogens (tertiary/aromatic N) is 3. The van der Waals surface area contributed by atoms with Gasteiger partial charge in [-0.1, -0.05) is 32.3 Å². The number of aromatic nitrogens is 2. The van der Waals surface area contributed by atoms with Crippen LogP contribution in [0.15, 0.2) is 6.08 Å². The molecule has 4 nitrogen and oxygen atoms in total. The van der Waals surface area contributed by atoms with Gasteiger partial charge < -0.3 is 4.74 Å². The largest absolute Gasteiger partial charge is 0.475 e. The van der Waals surface area contributed by atoms with E-state index in [0.29, 0.717) is 31.1 Å². The standard InChI is InChI=1S/C14H21F2N3OS/c1-2-3-4-5-9-20-13-12(17-21-18-13)11-7-6-8-19(10-11)14(15)16/h7,14H,2-6,8-10H2,1H3. The van der Waals surface area contributed by atoms with Crippen molar-refractivity contribution in [2.24, 2.45) is 0 Å². The lowest BCUT2D eigenvalue weighted by molar-refractivity contribution is -0.0188. The van der Waals surface area contributed by atoms with Crippen molar-refractivity contribution in [3.8, 4) is 5.88 Å². The van der Waals surface area contributed by atoms with Crippen LogP contribution >= 0.6 is 11.7 Å². The lowest BCUT2D eigenvalue weighted by atomic mass is 10.1. The Morgan fingerprint density at radius 1 is 1.33 bits per heavy atom. The van der Waals surface area contributed by atoms with Gasteiger partial charge in [0.25, 0.3) is 12.4 Å². The first-order valence-electron chi connectivity index (χ1n) is 7.39. The van der Waals surface area contributed by atoms with Crippen molar-refractivity contribution in [3.63, 3.8) is 0 Å². The van der Waals surface area contributed by atoms with Crippen molar-refractivity contribution in [2.45, 2.75) is 45.6 Å². The molecule has 0 amide bonds. The second kappa shape index (κ2) is 8.38. The number of unbranched alkanes of at least 4 members (excludes halogenated alkanes) is 3. The van der Waals surface area contributed by atoms with Gasteiger partial charge >= 0.3 is 0 Å².